The molecule has 1 aliphatic rings. The monoisotopic (exact) mass is 464 g/mol. The second kappa shape index (κ2) is 9.67. The average molecular weight is 465 g/mol. The normalized spacial score (nSPS) is 18.4. The first-order valence-corrected chi connectivity index (χ1v) is 12.2. The van der Waals surface area contributed by atoms with Crippen molar-refractivity contribution >= 4 is 39.0 Å². The van der Waals surface area contributed by atoms with Crippen LogP contribution in [0.1, 0.15) is 30.8 Å². The van der Waals surface area contributed by atoms with Crippen LogP contribution in [-0.2, 0) is 37.4 Å². The largest absolute Gasteiger partial charge is 0.344 e. The van der Waals surface area contributed by atoms with Crippen LogP contribution in [0.3, 0.4) is 0 Å². The zero-order valence-corrected chi connectivity index (χ0v) is 18.8. The van der Waals surface area contributed by atoms with E-state index in [1.54, 1.807) is 37.6 Å². The van der Waals surface area contributed by atoms with E-state index in [9.17, 15) is 22.8 Å². The van der Waals surface area contributed by atoms with Gasteiger partial charge in [0.1, 0.15) is 6.04 Å². The molecule has 0 fully saturated rings. The summed E-state index contributed by atoms with van der Waals surface area (Å²) in [5.74, 6) is -2.63. The maximum absolute atomic E-state index is 13.0. The Kier molecular flexibility index (Phi) is 7.19. The van der Waals surface area contributed by atoms with Crippen LogP contribution in [0.2, 0.25) is 0 Å². The molecule has 2 unspecified atom stereocenters. The van der Waals surface area contributed by atoms with Gasteiger partial charge in [0.25, 0.3) is 5.91 Å². The van der Waals surface area contributed by atoms with Crippen molar-refractivity contribution in [2.24, 2.45) is 5.92 Å². The molecule has 3 N–H and O–H groups in total. The lowest BCUT2D eigenvalue weighted by molar-refractivity contribution is -0.140. The molecule has 2 heterocycles. The summed E-state index contributed by atoms with van der Waals surface area (Å²) in [7, 11) is -3.95. The third-order valence-corrected chi connectivity index (χ3v) is 7.34. The van der Waals surface area contributed by atoms with Crippen LogP contribution in [0.4, 0.5) is 0 Å². The highest BCUT2D eigenvalue weighted by molar-refractivity contribution is 7.89. The van der Waals surface area contributed by atoms with Crippen LogP contribution >= 0.6 is 11.3 Å². The number of nitrogens with one attached hydrogen (secondary N) is 3. The number of benzene rings is 1. The summed E-state index contributed by atoms with van der Waals surface area (Å²) in [6.07, 6.45) is 0.678. The van der Waals surface area contributed by atoms with Crippen LogP contribution in [0.25, 0.3) is 0 Å². The summed E-state index contributed by atoms with van der Waals surface area (Å²) in [6.45, 7) is 3.54. The molecular weight excluding hydrogens is 440 g/mol. The van der Waals surface area contributed by atoms with Gasteiger partial charge in [-0.2, -0.15) is 4.72 Å². The minimum Gasteiger partial charge on any atom is -0.344 e. The van der Waals surface area contributed by atoms with Gasteiger partial charge in [-0.1, -0.05) is 32.0 Å². The zero-order valence-electron chi connectivity index (χ0n) is 17.1. The van der Waals surface area contributed by atoms with Gasteiger partial charge in [0, 0.05) is 4.88 Å². The van der Waals surface area contributed by atoms with Gasteiger partial charge in [-0.3, -0.25) is 14.4 Å². The van der Waals surface area contributed by atoms with E-state index in [0.29, 0.717) is 12.1 Å². The van der Waals surface area contributed by atoms with E-state index in [0.717, 1.165) is 4.88 Å². The molecule has 3 rings (SSSR count). The maximum Gasteiger partial charge on any atom is 0.289 e. The SMILES string of the molecule is CC(C)C(NS(=O)(=O)c1ccccc1)C(=O)NC1CCc2scnc2CNC(=O)C1=O. The maximum atomic E-state index is 13.0. The van der Waals surface area contributed by atoms with E-state index in [2.05, 4.69) is 20.3 Å². The van der Waals surface area contributed by atoms with Gasteiger partial charge < -0.3 is 10.6 Å². The minimum absolute atomic E-state index is 0.0315. The molecule has 0 saturated carbocycles. The fourth-order valence-electron chi connectivity index (χ4n) is 3.18. The van der Waals surface area contributed by atoms with Crippen molar-refractivity contribution in [1.82, 2.24) is 20.3 Å². The number of aryl methyl sites for hydroxylation is 1. The first-order valence-electron chi connectivity index (χ1n) is 9.80. The smallest absolute Gasteiger partial charge is 0.289 e. The number of hydrogen-bond donors (Lipinski definition) is 3. The predicted octanol–water partition coefficient (Wildman–Crippen LogP) is 0.763. The summed E-state index contributed by atoms with van der Waals surface area (Å²) in [5, 5.41) is 5.11. The van der Waals surface area contributed by atoms with Crippen LogP contribution in [-0.4, -0.2) is 43.1 Å². The van der Waals surface area contributed by atoms with Crippen molar-refractivity contribution in [3.8, 4) is 0 Å². The Morgan fingerprint density at radius 3 is 2.61 bits per heavy atom. The van der Waals surface area contributed by atoms with E-state index in [4.69, 9.17) is 0 Å². The van der Waals surface area contributed by atoms with Gasteiger partial charge in [-0.05, 0) is 30.9 Å². The predicted molar refractivity (Wildman–Crippen MR) is 115 cm³/mol. The van der Waals surface area contributed by atoms with E-state index >= 15 is 0 Å². The van der Waals surface area contributed by atoms with E-state index in [1.807, 2.05) is 0 Å². The van der Waals surface area contributed by atoms with Gasteiger partial charge in [-0.25, -0.2) is 13.4 Å². The molecule has 1 aromatic carbocycles. The fourth-order valence-corrected chi connectivity index (χ4v) is 5.35. The molecule has 0 saturated heterocycles. The standard InChI is InChI=1S/C20H24N4O5S2/c1-12(2)17(24-31(28,29)13-6-4-3-5-7-13)19(26)23-14-8-9-16-15(22-11-30-16)10-21-20(27)18(14)25/h3-7,11-12,14,17,24H,8-10H2,1-2H3,(H,21,27)(H,23,26). The zero-order chi connectivity index (χ0) is 22.6. The molecule has 9 nitrogen and oxygen atoms in total. The van der Waals surface area contributed by atoms with Crippen molar-refractivity contribution in [3.63, 3.8) is 0 Å². The fraction of sp³-hybridized carbons (Fsp3) is 0.400. The summed E-state index contributed by atoms with van der Waals surface area (Å²) < 4.78 is 27.8. The number of carbonyl (C=O) groups excluding carboxylic acids is 3. The Bertz CT molecular complexity index is 1070. The van der Waals surface area contributed by atoms with Crippen LogP contribution in [0, 0.1) is 5.92 Å². The van der Waals surface area contributed by atoms with Crippen molar-refractivity contribution in [2.45, 2.75) is 50.2 Å². The number of aromatic nitrogens is 1. The Labute approximate surface area is 184 Å². The molecule has 11 heteroatoms. The third-order valence-electron chi connectivity index (χ3n) is 4.94. The molecule has 1 aromatic heterocycles. The minimum atomic E-state index is -3.95. The Morgan fingerprint density at radius 1 is 1.23 bits per heavy atom. The quantitative estimate of drug-likeness (QED) is 0.541. The molecule has 31 heavy (non-hydrogen) atoms. The number of ketones is 1. The molecule has 0 aliphatic carbocycles. The third kappa shape index (κ3) is 5.54. The number of amides is 2. The molecule has 1 aliphatic heterocycles. The number of carbonyl (C=O) groups is 3. The number of fused-ring (bicyclic) bond motifs is 1. The van der Waals surface area contributed by atoms with Crippen molar-refractivity contribution in [1.29, 1.82) is 0 Å². The number of rotatable bonds is 6. The van der Waals surface area contributed by atoms with Crippen molar-refractivity contribution in [3.05, 3.63) is 46.4 Å². The molecule has 0 bridgehead atoms. The molecule has 0 radical (unpaired) electrons. The van der Waals surface area contributed by atoms with Gasteiger partial charge in [0.05, 0.1) is 28.7 Å². The molecule has 166 valence electrons. The number of Topliss-reactive ketones (excluding diaryl/α,β-unsaturated/α-hetero) is 1. The molecule has 2 amide bonds. The first-order chi connectivity index (χ1) is 14.7. The Balaban J connectivity index is 1.77. The summed E-state index contributed by atoms with van der Waals surface area (Å²) in [4.78, 5) is 42.9. The lowest BCUT2D eigenvalue weighted by Crippen LogP contribution is -2.55. The Morgan fingerprint density at radius 2 is 1.94 bits per heavy atom. The van der Waals surface area contributed by atoms with E-state index in [-0.39, 0.29) is 17.9 Å². The number of nitrogens with zero attached hydrogens (tertiary/aromatic N) is 1. The molecular formula is C20H24N4O5S2. The molecule has 0 spiro atoms. The highest BCUT2D eigenvalue weighted by Crippen LogP contribution is 2.18. The van der Waals surface area contributed by atoms with Crippen LogP contribution in [0.5, 0.6) is 0 Å². The van der Waals surface area contributed by atoms with E-state index < -0.39 is 45.6 Å². The number of hydrogen-bond acceptors (Lipinski definition) is 7. The highest BCUT2D eigenvalue weighted by Gasteiger charge is 2.34. The lowest BCUT2D eigenvalue weighted by atomic mass is 10.0. The van der Waals surface area contributed by atoms with Gasteiger partial charge in [-0.15, -0.1) is 11.3 Å². The summed E-state index contributed by atoms with van der Waals surface area (Å²) >= 11 is 1.42. The van der Waals surface area contributed by atoms with Crippen LogP contribution in [0.15, 0.2) is 40.7 Å². The van der Waals surface area contributed by atoms with Crippen LogP contribution < -0.4 is 15.4 Å². The van der Waals surface area contributed by atoms with E-state index in [1.165, 1.54) is 23.5 Å². The van der Waals surface area contributed by atoms with Gasteiger partial charge in [0.2, 0.25) is 21.7 Å². The van der Waals surface area contributed by atoms with Gasteiger partial charge in [0.15, 0.2) is 0 Å². The lowest BCUT2D eigenvalue weighted by Gasteiger charge is -2.24. The second-order valence-corrected chi connectivity index (χ2v) is 10.2. The highest BCUT2D eigenvalue weighted by atomic mass is 32.2. The topological polar surface area (TPSA) is 134 Å². The molecule has 2 aromatic rings. The Hall–Kier alpha value is -2.63. The van der Waals surface area contributed by atoms with Crippen molar-refractivity contribution < 1.29 is 22.8 Å². The molecule has 2 atom stereocenters. The second-order valence-electron chi connectivity index (χ2n) is 7.53. The van der Waals surface area contributed by atoms with Gasteiger partial charge >= 0.3 is 0 Å². The average Bonchev–Trinajstić information content (AvgIpc) is 3.20. The summed E-state index contributed by atoms with van der Waals surface area (Å²) in [6, 6.07) is 5.53. The number of sulfonamides is 1. The number of thiazole rings is 1. The van der Waals surface area contributed by atoms with Crippen molar-refractivity contribution in [2.75, 3.05) is 0 Å². The first kappa shape index (κ1) is 23.0. The summed E-state index contributed by atoms with van der Waals surface area (Å²) in [5.41, 5.74) is 2.37.